The second-order valence-electron chi connectivity index (χ2n) is 3.32. The molecule has 1 aromatic carbocycles. The molecule has 0 radical (unpaired) electrons. The Morgan fingerprint density at radius 2 is 2.00 bits per heavy atom. The van der Waals surface area contributed by atoms with Gasteiger partial charge < -0.3 is 5.73 Å². The monoisotopic (exact) mass is 147 g/mol. The fourth-order valence-corrected chi connectivity index (χ4v) is 1.50. The highest BCUT2D eigenvalue weighted by Gasteiger charge is 2.13. The molecule has 2 rings (SSSR count). The topological polar surface area (TPSA) is 26.0 Å². The smallest absolute Gasteiger partial charge is 0.0266 e. The van der Waals surface area contributed by atoms with Gasteiger partial charge in [-0.1, -0.05) is 18.2 Å². The minimum absolute atomic E-state index is 0.181. The van der Waals surface area contributed by atoms with E-state index >= 15 is 0 Å². The molecule has 0 saturated heterocycles. The highest BCUT2D eigenvalue weighted by atomic mass is 14.6. The van der Waals surface area contributed by atoms with Crippen LogP contribution in [0.1, 0.15) is 29.7 Å². The Labute approximate surface area is 67.2 Å². The molecule has 0 fully saturated rings. The van der Waals surface area contributed by atoms with Gasteiger partial charge in [0.1, 0.15) is 0 Å². The maximum atomic E-state index is 5.76. The Kier molecular flexibility index (Phi) is 1.46. The van der Waals surface area contributed by atoms with E-state index in [9.17, 15) is 0 Å². The van der Waals surface area contributed by atoms with E-state index in [1.807, 2.05) is 6.92 Å². The molecular formula is C10H13N. The third-order valence-corrected chi connectivity index (χ3v) is 2.42. The summed E-state index contributed by atoms with van der Waals surface area (Å²) in [6.07, 6.45) is 2.50. The molecule has 1 heteroatoms. The van der Waals surface area contributed by atoms with E-state index in [1.54, 1.807) is 0 Å². The molecule has 1 unspecified atom stereocenters. The maximum absolute atomic E-state index is 5.76. The lowest BCUT2D eigenvalue weighted by molar-refractivity contribution is 0.788. The van der Waals surface area contributed by atoms with Crippen molar-refractivity contribution in [3.63, 3.8) is 0 Å². The number of nitrogens with two attached hydrogens (primary N) is 1. The highest BCUT2D eigenvalue weighted by molar-refractivity contribution is 5.39. The van der Waals surface area contributed by atoms with Gasteiger partial charge in [0.05, 0.1) is 0 Å². The predicted molar refractivity (Wildman–Crippen MR) is 46.5 cm³/mol. The number of benzene rings is 1. The summed E-state index contributed by atoms with van der Waals surface area (Å²) in [5, 5.41) is 0. The molecule has 1 nitrogen and oxygen atoms in total. The average molecular weight is 147 g/mol. The second kappa shape index (κ2) is 2.35. The van der Waals surface area contributed by atoms with Gasteiger partial charge in [-0.2, -0.15) is 0 Å². The summed E-state index contributed by atoms with van der Waals surface area (Å²) in [5.74, 6) is 0. The van der Waals surface area contributed by atoms with Crippen LogP contribution in [-0.4, -0.2) is 0 Å². The molecule has 0 aromatic heterocycles. The van der Waals surface area contributed by atoms with Gasteiger partial charge in [0, 0.05) is 6.04 Å². The lowest BCUT2D eigenvalue weighted by atomic mass is 9.86. The van der Waals surface area contributed by atoms with Crippen molar-refractivity contribution < 1.29 is 0 Å². The molecule has 0 heterocycles. The third-order valence-electron chi connectivity index (χ3n) is 2.42. The molecule has 58 valence electrons. The van der Waals surface area contributed by atoms with Gasteiger partial charge in [-0.05, 0) is 36.5 Å². The number of rotatable bonds is 1. The number of fused-ring (bicyclic) bond motifs is 1. The predicted octanol–water partition coefficient (Wildman–Crippen LogP) is 1.80. The fourth-order valence-electron chi connectivity index (χ4n) is 1.50. The molecule has 0 bridgehead atoms. The van der Waals surface area contributed by atoms with E-state index < -0.39 is 0 Å². The molecule has 0 amide bonds. The van der Waals surface area contributed by atoms with E-state index in [0.29, 0.717) is 0 Å². The van der Waals surface area contributed by atoms with E-state index in [2.05, 4.69) is 18.2 Å². The molecule has 2 N–H and O–H groups in total. The van der Waals surface area contributed by atoms with E-state index in [4.69, 9.17) is 5.73 Å². The second-order valence-corrected chi connectivity index (χ2v) is 3.32. The van der Waals surface area contributed by atoms with Crippen molar-refractivity contribution in [3.8, 4) is 0 Å². The van der Waals surface area contributed by atoms with Crippen LogP contribution in [0.15, 0.2) is 18.2 Å². The standard InChI is InChI=1S/C10H13N/c1-7(11)9-4-2-8-3-5-10(8)6-9/h2,4,6-7H,3,5,11H2,1H3. The third kappa shape index (κ3) is 1.05. The summed E-state index contributed by atoms with van der Waals surface area (Å²) in [7, 11) is 0. The first-order chi connectivity index (χ1) is 5.27. The van der Waals surface area contributed by atoms with Crippen LogP contribution in [0.3, 0.4) is 0 Å². The van der Waals surface area contributed by atoms with E-state index in [1.165, 1.54) is 29.5 Å². The number of hydrogen-bond donors (Lipinski definition) is 1. The van der Waals surface area contributed by atoms with Crippen molar-refractivity contribution in [2.24, 2.45) is 5.73 Å². The highest BCUT2D eigenvalue weighted by Crippen LogP contribution is 2.25. The molecule has 1 atom stereocenters. The van der Waals surface area contributed by atoms with Crippen LogP contribution >= 0.6 is 0 Å². The minimum atomic E-state index is 0.181. The lowest BCUT2D eigenvalue weighted by Crippen LogP contribution is -2.11. The largest absolute Gasteiger partial charge is 0.324 e. The van der Waals surface area contributed by atoms with Crippen molar-refractivity contribution in [1.82, 2.24) is 0 Å². The number of hydrogen-bond acceptors (Lipinski definition) is 1. The molecule has 1 aliphatic rings. The zero-order chi connectivity index (χ0) is 7.84. The van der Waals surface area contributed by atoms with Crippen molar-refractivity contribution in [3.05, 3.63) is 34.9 Å². The molecule has 1 aliphatic carbocycles. The molecule has 0 aliphatic heterocycles. The van der Waals surface area contributed by atoms with Crippen LogP contribution in [0.2, 0.25) is 0 Å². The van der Waals surface area contributed by atoms with Crippen LogP contribution in [0.25, 0.3) is 0 Å². The van der Waals surface area contributed by atoms with Crippen molar-refractivity contribution in [2.75, 3.05) is 0 Å². The van der Waals surface area contributed by atoms with Gasteiger partial charge >= 0.3 is 0 Å². The Morgan fingerprint density at radius 3 is 2.45 bits per heavy atom. The molecule has 11 heavy (non-hydrogen) atoms. The normalized spacial score (nSPS) is 16.9. The van der Waals surface area contributed by atoms with Gasteiger partial charge in [0.2, 0.25) is 0 Å². The molecule has 0 spiro atoms. The summed E-state index contributed by atoms with van der Waals surface area (Å²) >= 11 is 0. The van der Waals surface area contributed by atoms with Gasteiger partial charge in [0.15, 0.2) is 0 Å². The van der Waals surface area contributed by atoms with Crippen LogP contribution in [-0.2, 0) is 12.8 Å². The van der Waals surface area contributed by atoms with E-state index in [-0.39, 0.29) is 6.04 Å². The zero-order valence-electron chi connectivity index (χ0n) is 6.80. The average Bonchev–Trinajstić information content (AvgIpc) is 1.91. The van der Waals surface area contributed by atoms with Crippen molar-refractivity contribution in [1.29, 1.82) is 0 Å². The van der Waals surface area contributed by atoms with Crippen molar-refractivity contribution in [2.45, 2.75) is 25.8 Å². The fraction of sp³-hybridized carbons (Fsp3) is 0.400. The summed E-state index contributed by atoms with van der Waals surface area (Å²) in [5.41, 5.74) is 10.0. The van der Waals surface area contributed by atoms with Gasteiger partial charge in [0.25, 0.3) is 0 Å². The Morgan fingerprint density at radius 1 is 1.27 bits per heavy atom. The Hall–Kier alpha value is -0.820. The molecule has 1 aromatic rings. The Balaban J connectivity index is 2.38. The number of aryl methyl sites for hydroxylation is 2. The SMILES string of the molecule is CC(N)c1ccc2c(c1)CC2. The lowest BCUT2D eigenvalue weighted by Gasteiger charge is -2.20. The van der Waals surface area contributed by atoms with Crippen LogP contribution < -0.4 is 5.73 Å². The summed E-state index contributed by atoms with van der Waals surface area (Å²) in [6.45, 7) is 2.03. The van der Waals surface area contributed by atoms with Crippen LogP contribution in [0.5, 0.6) is 0 Å². The van der Waals surface area contributed by atoms with Crippen LogP contribution in [0.4, 0.5) is 0 Å². The summed E-state index contributed by atoms with van der Waals surface area (Å²) in [4.78, 5) is 0. The first-order valence-corrected chi connectivity index (χ1v) is 4.14. The van der Waals surface area contributed by atoms with Gasteiger partial charge in [-0.25, -0.2) is 0 Å². The molecule has 0 saturated carbocycles. The van der Waals surface area contributed by atoms with Crippen molar-refractivity contribution >= 4 is 0 Å². The van der Waals surface area contributed by atoms with Gasteiger partial charge in [-0.15, -0.1) is 0 Å². The quantitative estimate of drug-likeness (QED) is 0.644. The van der Waals surface area contributed by atoms with Crippen LogP contribution in [0, 0.1) is 0 Å². The van der Waals surface area contributed by atoms with Gasteiger partial charge in [-0.3, -0.25) is 0 Å². The maximum Gasteiger partial charge on any atom is 0.0266 e. The summed E-state index contributed by atoms with van der Waals surface area (Å²) in [6, 6.07) is 6.77. The Bertz CT molecular complexity index is 276. The summed E-state index contributed by atoms with van der Waals surface area (Å²) < 4.78 is 0. The first kappa shape index (κ1) is 6.86. The first-order valence-electron chi connectivity index (χ1n) is 4.14. The molecular weight excluding hydrogens is 134 g/mol. The van der Waals surface area contributed by atoms with E-state index in [0.717, 1.165) is 0 Å². The minimum Gasteiger partial charge on any atom is -0.324 e. The zero-order valence-corrected chi connectivity index (χ0v) is 6.80.